The van der Waals surface area contributed by atoms with Crippen molar-refractivity contribution in [2.24, 2.45) is 0 Å². The van der Waals surface area contributed by atoms with Crippen LogP contribution in [-0.4, -0.2) is 5.11 Å². The van der Waals surface area contributed by atoms with Crippen molar-refractivity contribution in [3.05, 3.63) is 47.5 Å². The molecule has 1 aromatic rings. The molecule has 1 N–H and O–H groups in total. The van der Waals surface area contributed by atoms with Gasteiger partial charge in [0.1, 0.15) is 0 Å². The van der Waals surface area contributed by atoms with Crippen molar-refractivity contribution in [2.75, 3.05) is 0 Å². The van der Waals surface area contributed by atoms with E-state index in [1.54, 1.807) is 12.1 Å². The van der Waals surface area contributed by atoms with Gasteiger partial charge < -0.3 is 5.11 Å². The summed E-state index contributed by atoms with van der Waals surface area (Å²) in [6.45, 7) is 3.69. The molecule has 0 unspecified atom stereocenters. The molecule has 1 atom stereocenters. The summed E-state index contributed by atoms with van der Waals surface area (Å²) in [5, 5.41) is 19.4. The zero-order chi connectivity index (χ0) is 11.6. The number of benzene rings is 1. The number of aryl methyl sites for hydroxylation is 1. The Bertz CT molecular complexity index is 458. The van der Waals surface area contributed by atoms with Gasteiger partial charge in [-0.2, -0.15) is 5.26 Å². The van der Waals surface area contributed by atoms with Crippen LogP contribution in [0.3, 0.4) is 0 Å². The van der Waals surface area contributed by atoms with Crippen molar-refractivity contribution in [1.82, 2.24) is 0 Å². The van der Waals surface area contributed by atoms with Crippen molar-refractivity contribution in [2.45, 2.75) is 31.3 Å². The third kappa shape index (κ3) is 1.75. The van der Waals surface area contributed by atoms with Gasteiger partial charge in [0, 0.05) is 0 Å². The predicted molar refractivity (Wildman–Crippen MR) is 62.8 cm³/mol. The smallest absolute Gasteiger partial charge is 0.0991 e. The van der Waals surface area contributed by atoms with Gasteiger partial charge in [-0.15, -0.1) is 6.58 Å². The minimum absolute atomic E-state index is 0.575. The Balaban J connectivity index is 2.48. The van der Waals surface area contributed by atoms with E-state index in [9.17, 15) is 5.11 Å². The number of fused-ring (bicyclic) bond motifs is 1. The molecule has 2 nitrogen and oxygen atoms in total. The highest BCUT2D eigenvalue weighted by Gasteiger charge is 2.32. The molecule has 0 saturated heterocycles. The second kappa shape index (κ2) is 4.11. The van der Waals surface area contributed by atoms with Gasteiger partial charge in [-0.05, 0) is 48.9 Å². The van der Waals surface area contributed by atoms with Gasteiger partial charge in [-0.1, -0.05) is 12.1 Å². The van der Waals surface area contributed by atoms with E-state index >= 15 is 0 Å². The quantitative estimate of drug-likeness (QED) is 0.767. The SMILES string of the molecule is C=CC[C@@]1(O)CCCc2cc(C#N)ccc21. The molecule has 16 heavy (non-hydrogen) atoms. The summed E-state index contributed by atoms with van der Waals surface area (Å²) < 4.78 is 0. The molecule has 0 radical (unpaired) electrons. The lowest BCUT2D eigenvalue weighted by molar-refractivity contribution is 0.0218. The van der Waals surface area contributed by atoms with Crippen molar-refractivity contribution in [3.8, 4) is 6.07 Å². The average Bonchev–Trinajstić information content (AvgIpc) is 2.29. The molecule has 1 aromatic carbocycles. The average molecular weight is 213 g/mol. The highest BCUT2D eigenvalue weighted by Crippen LogP contribution is 2.38. The third-order valence-corrected chi connectivity index (χ3v) is 3.25. The number of aliphatic hydroxyl groups is 1. The highest BCUT2D eigenvalue weighted by molar-refractivity contribution is 5.42. The van der Waals surface area contributed by atoms with Crippen LogP contribution >= 0.6 is 0 Å². The Kier molecular flexibility index (Phi) is 2.80. The van der Waals surface area contributed by atoms with Crippen LogP contribution in [0.4, 0.5) is 0 Å². The van der Waals surface area contributed by atoms with Gasteiger partial charge in [0.2, 0.25) is 0 Å². The molecule has 0 aliphatic heterocycles. The molecule has 1 aliphatic rings. The Morgan fingerprint density at radius 1 is 1.56 bits per heavy atom. The van der Waals surface area contributed by atoms with E-state index in [4.69, 9.17) is 5.26 Å². The van der Waals surface area contributed by atoms with Crippen LogP contribution in [0.5, 0.6) is 0 Å². The molecule has 0 aromatic heterocycles. The summed E-state index contributed by atoms with van der Waals surface area (Å²) in [5.41, 5.74) is 1.97. The van der Waals surface area contributed by atoms with Gasteiger partial charge in [0.05, 0.1) is 17.2 Å². The van der Waals surface area contributed by atoms with E-state index in [0.29, 0.717) is 12.0 Å². The molecular weight excluding hydrogens is 198 g/mol. The minimum atomic E-state index is -0.774. The molecule has 82 valence electrons. The number of nitrogens with zero attached hydrogens (tertiary/aromatic N) is 1. The van der Waals surface area contributed by atoms with E-state index in [2.05, 4.69) is 12.6 Å². The fourth-order valence-electron chi connectivity index (χ4n) is 2.48. The Morgan fingerprint density at radius 3 is 3.06 bits per heavy atom. The normalized spacial score (nSPS) is 23.2. The predicted octanol–water partition coefficient (Wildman–Crippen LogP) is 2.66. The fourth-order valence-corrected chi connectivity index (χ4v) is 2.48. The first-order valence-electron chi connectivity index (χ1n) is 5.56. The molecular formula is C14H15NO. The molecule has 2 rings (SSSR count). The van der Waals surface area contributed by atoms with E-state index in [1.165, 1.54) is 0 Å². The fraction of sp³-hybridized carbons (Fsp3) is 0.357. The van der Waals surface area contributed by atoms with Crippen molar-refractivity contribution >= 4 is 0 Å². The largest absolute Gasteiger partial charge is 0.385 e. The Morgan fingerprint density at radius 2 is 2.38 bits per heavy atom. The van der Waals surface area contributed by atoms with E-state index in [0.717, 1.165) is 30.4 Å². The van der Waals surface area contributed by atoms with E-state index < -0.39 is 5.60 Å². The molecule has 0 heterocycles. The molecule has 0 spiro atoms. The van der Waals surface area contributed by atoms with Gasteiger partial charge in [-0.25, -0.2) is 0 Å². The van der Waals surface area contributed by atoms with Crippen molar-refractivity contribution in [3.63, 3.8) is 0 Å². The van der Waals surface area contributed by atoms with Crippen LogP contribution in [0.2, 0.25) is 0 Å². The third-order valence-electron chi connectivity index (χ3n) is 3.25. The lowest BCUT2D eigenvalue weighted by atomic mass is 9.77. The van der Waals surface area contributed by atoms with Crippen molar-refractivity contribution < 1.29 is 5.11 Å². The summed E-state index contributed by atoms with van der Waals surface area (Å²) >= 11 is 0. The van der Waals surface area contributed by atoms with Gasteiger partial charge in [-0.3, -0.25) is 0 Å². The molecule has 0 saturated carbocycles. The maximum Gasteiger partial charge on any atom is 0.0991 e. The minimum Gasteiger partial charge on any atom is -0.385 e. The molecule has 0 fully saturated rings. The van der Waals surface area contributed by atoms with Crippen LogP contribution in [0, 0.1) is 11.3 Å². The van der Waals surface area contributed by atoms with Gasteiger partial charge >= 0.3 is 0 Å². The van der Waals surface area contributed by atoms with Gasteiger partial charge in [0.15, 0.2) is 0 Å². The highest BCUT2D eigenvalue weighted by atomic mass is 16.3. The zero-order valence-corrected chi connectivity index (χ0v) is 9.24. The van der Waals surface area contributed by atoms with E-state index in [1.807, 2.05) is 12.1 Å². The number of hydrogen-bond acceptors (Lipinski definition) is 2. The van der Waals surface area contributed by atoms with Crippen LogP contribution < -0.4 is 0 Å². The van der Waals surface area contributed by atoms with Crippen LogP contribution in [0.1, 0.15) is 36.0 Å². The number of rotatable bonds is 2. The standard InChI is InChI=1S/C14H15NO/c1-2-7-14(16)8-3-4-12-9-11(10-15)5-6-13(12)14/h2,5-6,9,16H,1,3-4,7-8H2/t14-/m1/s1. The summed E-state index contributed by atoms with van der Waals surface area (Å²) in [6, 6.07) is 7.69. The van der Waals surface area contributed by atoms with Crippen LogP contribution in [0.25, 0.3) is 0 Å². The first-order chi connectivity index (χ1) is 7.69. The van der Waals surface area contributed by atoms with Crippen LogP contribution in [0.15, 0.2) is 30.9 Å². The second-order valence-corrected chi connectivity index (χ2v) is 4.36. The summed E-state index contributed by atoms with van der Waals surface area (Å²) in [4.78, 5) is 0. The van der Waals surface area contributed by atoms with Crippen molar-refractivity contribution in [1.29, 1.82) is 5.26 Å². The number of hydrogen-bond donors (Lipinski definition) is 1. The summed E-state index contributed by atoms with van der Waals surface area (Å²) in [5.74, 6) is 0. The topological polar surface area (TPSA) is 44.0 Å². The maximum absolute atomic E-state index is 10.5. The zero-order valence-electron chi connectivity index (χ0n) is 9.24. The number of nitriles is 1. The summed E-state index contributed by atoms with van der Waals surface area (Å²) in [7, 11) is 0. The Hall–Kier alpha value is -1.59. The lowest BCUT2D eigenvalue weighted by Crippen LogP contribution is -2.30. The Labute approximate surface area is 95.8 Å². The second-order valence-electron chi connectivity index (χ2n) is 4.36. The molecule has 0 bridgehead atoms. The first kappa shape index (κ1) is 10.9. The lowest BCUT2D eigenvalue weighted by Gasteiger charge is -2.33. The van der Waals surface area contributed by atoms with Crippen LogP contribution in [-0.2, 0) is 12.0 Å². The summed E-state index contributed by atoms with van der Waals surface area (Å²) in [6.07, 6.45) is 5.02. The first-order valence-corrected chi connectivity index (χ1v) is 5.56. The molecule has 1 aliphatic carbocycles. The van der Waals surface area contributed by atoms with Gasteiger partial charge in [0.25, 0.3) is 0 Å². The molecule has 2 heteroatoms. The maximum atomic E-state index is 10.5. The monoisotopic (exact) mass is 213 g/mol. The van der Waals surface area contributed by atoms with E-state index in [-0.39, 0.29) is 0 Å². The molecule has 0 amide bonds.